The normalized spacial score (nSPS) is 11.6. The van der Waals surface area contributed by atoms with E-state index in [2.05, 4.69) is 5.32 Å². The van der Waals surface area contributed by atoms with Gasteiger partial charge in [0.25, 0.3) is 0 Å². The van der Waals surface area contributed by atoms with Crippen LogP contribution in [0.25, 0.3) is 0 Å². The van der Waals surface area contributed by atoms with Gasteiger partial charge in [-0.15, -0.1) is 11.8 Å². The summed E-state index contributed by atoms with van der Waals surface area (Å²) < 4.78 is 5.21. The van der Waals surface area contributed by atoms with E-state index in [9.17, 15) is 9.59 Å². The molecule has 168 valence electrons. The lowest BCUT2D eigenvalue weighted by atomic mass is 10.1. The molecule has 0 bridgehead atoms. The summed E-state index contributed by atoms with van der Waals surface area (Å²) in [6, 6.07) is 12.3. The number of rotatable bonds is 11. The number of thioether (sulfide) groups is 1. The maximum atomic E-state index is 13.2. The molecular weight excluding hydrogens is 455 g/mol. The van der Waals surface area contributed by atoms with Crippen LogP contribution in [0, 0.1) is 0 Å². The lowest BCUT2D eigenvalue weighted by Gasteiger charge is -2.30. The zero-order valence-corrected chi connectivity index (χ0v) is 20.3. The number of ether oxygens (including phenoxy) is 1. The highest BCUT2D eigenvalue weighted by molar-refractivity contribution is 7.99. The standard InChI is InChI=1S/C23H28Cl2N2O3S/c1-4-21(23(29)26-5-2)27(13-16-6-10-19(30-3)11-7-16)22(28)15-31-14-17-8-9-18(24)12-20(17)25/h6-12,21H,4-5,13-15H2,1-3H3,(H,26,29)/t21-/m0/s1. The predicted octanol–water partition coefficient (Wildman–Crippen LogP) is 5.18. The smallest absolute Gasteiger partial charge is 0.242 e. The number of hydrogen-bond acceptors (Lipinski definition) is 4. The van der Waals surface area contributed by atoms with Gasteiger partial charge >= 0.3 is 0 Å². The third-order valence-corrected chi connectivity index (χ3v) is 6.30. The van der Waals surface area contributed by atoms with Crippen LogP contribution in [-0.4, -0.2) is 42.2 Å². The number of hydrogen-bond donors (Lipinski definition) is 1. The lowest BCUT2D eigenvalue weighted by Crippen LogP contribution is -2.49. The third kappa shape index (κ3) is 7.63. The molecule has 0 saturated carbocycles. The van der Waals surface area contributed by atoms with Gasteiger partial charge in [-0.1, -0.05) is 48.3 Å². The Labute approximate surface area is 198 Å². The lowest BCUT2D eigenvalue weighted by molar-refractivity contribution is -0.139. The number of nitrogens with one attached hydrogen (secondary N) is 1. The molecule has 5 nitrogen and oxygen atoms in total. The summed E-state index contributed by atoms with van der Waals surface area (Å²) in [5.41, 5.74) is 1.85. The third-order valence-electron chi connectivity index (χ3n) is 4.75. The molecule has 31 heavy (non-hydrogen) atoms. The molecule has 0 spiro atoms. The van der Waals surface area contributed by atoms with Gasteiger partial charge in [0.15, 0.2) is 0 Å². The van der Waals surface area contributed by atoms with Crippen molar-refractivity contribution in [2.45, 2.75) is 38.6 Å². The number of methoxy groups -OCH3 is 1. The summed E-state index contributed by atoms with van der Waals surface area (Å²) in [6.07, 6.45) is 0.529. The number of benzene rings is 2. The van der Waals surface area contributed by atoms with Crippen LogP contribution in [-0.2, 0) is 21.9 Å². The maximum Gasteiger partial charge on any atom is 0.242 e. The van der Waals surface area contributed by atoms with Crippen LogP contribution in [0.2, 0.25) is 10.0 Å². The fraction of sp³-hybridized carbons (Fsp3) is 0.391. The Morgan fingerprint density at radius 3 is 2.42 bits per heavy atom. The van der Waals surface area contributed by atoms with Gasteiger partial charge in [0.05, 0.1) is 12.9 Å². The minimum Gasteiger partial charge on any atom is -0.497 e. The number of likely N-dealkylation sites (N-methyl/N-ethyl adjacent to an activating group) is 1. The number of carbonyl (C=O) groups is 2. The van der Waals surface area contributed by atoms with E-state index in [4.69, 9.17) is 27.9 Å². The van der Waals surface area contributed by atoms with E-state index in [0.29, 0.717) is 35.3 Å². The highest BCUT2D eigenvalue weighted by Gasteiger charge is 2.28. The molecule has 0 radical (unpaired) electrons. The van der Waals surface area contributed by atoms with Gasteiger partial charge in [0, 0.05) is 28.9 Å². The number of amides is 2. The first-order valence-corrected chi connectivity index (χ1v) is 12.0. The second-order valence-electron chi connectivity index (χ2n) is 6.92. The molecule has 0 heterocycles. The van der Waals surface area contributed by atoms with Crippen molar-refractivity contribution in [1.82, 2.24) is 10.2 Å². The highest BCUT2D eigenvalue weighted by atomic mass is 35.5. The van der Waals surface area contributed by atoms with Gasteiger partial charge < -0.3 is 15.0 Å². The van der Waals surface area contributed by atoms with Crippen LogP contribution in [0.4, 0.5) is 0 Å². The molecule has 2 rings (SSSR count). The highest BCUT2D eigenvalue weighted by Crippen LogP contribution is 2.25. The maximum absolute atomic E-state index is 13.2. The van der Waals surface area contributed by atoms with Gasteiger partial charge in [-0.05, 0) is 48.7 Å². The molecule has 2 aromatic carbocycles. The summed E-state index contributed by atoms with van der Waals surface area (Å²) >= 11 is 13.6. The van der Waals surface area contributed by atoms with Crippen molar-refractivity contribution < 1.29 is 14.3 Å². The number of halogens is 2. The van der Waals surface area contributed by atoms with Crippen LogP contribution in [0.15, 0.2) is 42.5 Å². The van der Waals surface area contributed by atoms with Crippen LogP contribution < -0.4 is 10.1 Å². The van der Waals surface area contributed by atoms with E-state index in [0.717, 1.165) is 16.9 Å². The van der Waals surface area contributed by atoms with Crippen molar-refractivity contribution in [3.63, 3.8) is 0 Å². The summed E-state index contributed by atoms with van der Waals surface area (Å²) in [6.45, 7) is 4.64. The van der Waals surface area contributed by atoms with Gasteiger partial charge in [0.1, 0.15) is 11.8 Å². The number of carbonyl (C=O) groups excluding carboxylic acids is 2. The van der Waals surface area contributed by atoms with Crippen LogP contribution >= 0.6 is 35.0 Å². The quantitative estimate of drug-likeness (QED) is 0.479. The Hall–Kier alpha value is -1.89. The Balaban J connectivity index is 2.12. The summed E-state index contributed by atoms with van der Waals surface area (Å²) in [5, 5.41) is 4.00. The fourth-order valence-electron chi connectivity index (χ4n) is 3.11. The first kappa shape index (κ1) is 25.4. The van der Waals surface area contributed by atoms with E-state index in [1.165, 1.54) is 11.8 Å². The Bertz CT molecular complexity index is 878. The van der Waals surface area contributed by atoms with Gasteiger partial charge in [0.2, 0.25) is 11.8 Å². The molecule has 8 heteroatoms. The topological polar surface area (TPSA) is 58.6 Å². The molecule has 0 unspecified atom stereocenters. The summed E-state index contributed by atoms with van der Waals surface area (Å²) in [5.74, 6) is 1.33. The zero-order chi connectivity index (χ0) is 22.8. The minimum atomic E-state index is -0.533. The zero-order valence-electron chi connectivity index (χ0n) is 18.0. The van der Waals surface area contributed by atoms with Gasteiger partial charge in [-0.2, -0.15) is 0 Å². The fourth-order valence-corrected chi connectivity index (χ4v) is 4.58. The molecule has 0 aliphatic heterocycles. The van der Waals surface area contributed by atoms with Crippen LogP contribution in [0.3, 0.4) is 0 Å². The molecule has 0 aromatic heterocycles. The van der Waals surface area contributed by atoms with Crippen molar-refractivity contribution in [3.8, 4) is 5.75 Å². The first-order chi connectivity index (χ1) is 14.9. The van der Waals surface area contributed by atoms with E-state index < -0.39 is 6.04 Å². The largest absolute Gasteiger partial charge is 0.497 e. The van der Waals surface area contributed by atoms with Crippen LogP contribution in [0.1, 0.15) is 31.4 Å². The van der Waals surface area contributed by atoms with E-state index >= 15 is 0 Å². The molecule has 1 atom stereocenters. The second-order valence-corrected chi connectivity index (χ2v) is 8.75. The predicted molar refractivity (Wildman–Crippen MR) is 129 cm³/mol. The Morgan fingerprint density at radius 1 is 1.13 bits per heavy atom. The SMILES string of the molecule is CCNC(=O)[C@H](CC)N(Cc1ccc(OC)cc1)C(=O)CSCc1ccc(Cl)cc1Cl. The molecular formula is C23H28Cl2N2O3S. The number of nitrogens with zero attached hydrogens (tertiary/aromatic N) is 1. The average Bonchev–Trinajstić information content (AvgIpc) is 2.75. The summed E-state index contributed by atoms with van der Waals surface area (Å²) in [7, 11) is 1.61. The molecule has 1 N–H and O–H groups in total. The Morgan fingerprint density at radius 2 is 1.84 bits per heavy atom. The molecule has 0 aliphatic rings. The summed E-state index contributed by atoms with van der Waals surface area (Å²) in [4.78, 5) is 27.4. The average molecular weight is 483 g/mol. The van der Waals surface area contributed by atoms with Crippen LogP contribution in [0.5, 0.6) is 5.75 Å². The second kappa shape index (κ2) is 12.8. The monoisotopic (exact) mass is 482 g/mol. The van der Waals surface area contributed by atoms with Crippen molar-refractivity contribution >= 4 is 46.8 Å². The van der Waals surface area contributed by atoms with Crippen molar-refractivity contribution in [2.75, 3.05) is 19.4 Å². The van der Waals surface area contributed by atoms with E-state index in [1.54, 1.807) is 24.1 Å². The first-order valence-electron chi connectivity index (χ1n) is 10.1. The van der Waals surface area contributed by atoms with Crippen molar-refractivity contribution in [2.24, 2.45) is 0 Å². The van der Waals surface area contributed by atoms with Crippen molar-refractivity contribution in [1.29, 1.82) is 0 Å². The van der Waals surface area contributed by atoms with E-state index in [1.807, 2.05) is 44.2 Å². The molecule has 0 saturated heterocycles. The van der Waals surface area contributed by atoms with E-state index in [-0.39, 0.29) is 17.6 Å². The Kier molecular flexibility index (Phi) is 10.5. The van der Waals surface area contributed by atoms with Crippen molar-refractivity contribution in [3.05, 3.63) is 63.6 Å². The molecule has 2 aromatic rings. The van der Waals surface area contributed by atoms with Gasteiger partial charge in [-0.3, -0.25) is 9.59 Å². The molecule has 2 amide bonds. The molecule has 0 aliphatic carbocycles. The minimum absolute atomic E-state index is 0.0935. The van der Waals surface area contributed by atoms with Gasteiger partial charge in [-0.25, -0.2) is 0 Å². The molecule has 0 fully saturated rings.